The molecule has 1 amide bonds. The van der Waals surface area contributed by atoms with Gasteiger partial charge in [-0.05, 0) is 49.4 Å². The SMILES string of the molecule is CCNC(=NCC1(c2ccccc2)CC1)NCC(Cc1ccc(F)cc1)C(N)=O. The van der Waals surface area contributed by atoms with Crippen molar-refractivity contribution in [2.75, 3.05) is 19.6 Å². The van der Waals surface area contributed by atoms with Crippen molar-refractivity contribution in [1.29, 1.82) is 0 Å². The van der Waals surface area contributed by atoms with Gasteiger partial charge in [0.1, 0.15) is 5.82 Å². The molecule has 0 aliphatic heterocycles. The summed E-state index contributed by atoms with van der Waals surface area (Å²) in [5.41, 5.74) is 7.92. The number of carbonyl (C=O) groups excluding carboxylic acids is 1. The molecule has 1 aliphatic rings. The minimum Gasteiger partial charge on any atom is -0.369 e. The van der Waals surface area contributed by atoms with Crippen molar-refractivity contribution >= 4 is 11.9 Å². The second-order valence-corrected chi connectivity index (χ2v) is 7.65. The summed E-state index contributed by atoms with van der Waals surface area (Å²) in [5.74, 6) is -0.412. The molecule has 0 bridgehead atoms. The highest BCUT2D eigenvalue weighted by atomic mass is 19.1. The van der Waals surface area contributed by atoms with Crippen LogP contribution in [0.3, 0.4) is 0 Å². The molecule has 154 valence electrons. The van der Waals surface area contributed by atoms with Crippen molar-refractivity contribution in [3.05, 3.63) is 71.5 Å². The van der Waals surface area contributed by atoms with E-state index in [4.69, 9.17) is 10.7 Å². The topological polar surface area (TPSA) is 79.5 Å². The normalized spacial score (nSPS) is 16.1. The maximum absolute atomic E-state index is 13.1. The number of aliphatic imine (C=N–C) groups is 1. The van der Waals surface area contributed by atoms with Gasteiger partial charge in [0.15, 0.2) is 5.96 Å². The van der Waals surface area contributed by atoms with Gasteiger partial charge < -0.3 is 16.4 Å². The number of hydrogen-bond donors (Lipinski definition) is 3. The van der Waals surface area contributed by atoms with E-state index in [1.807, 2.05) is 13.0 Å². The minimum absolute atomic E-state index is 0.126. The summed E-state index contributed by atoms with van der Waals surface area (Å²) < 4.78 is 13.1. The molecule has 0 spiro atoms. The number of rotatable bonds is 9. The number of amides is 1. The number of guanidine groups is 1. The predicted molar refractivity (Wildman–Crippen MR) is 114 cm³/mol. The van der Waals surface area contributed by atoms with E-state index in [-0.39, 0.29) is 17.1 Å². The van der Waals surface area contributed by atoms with Gasteiger partial charge in [0, 0.05) is 18.5 Å². The van der Waals surface area contributed by atoms with E-state index in [2.05, 4.69) is 34.9 Å². The number of carbonyl (C=O) groups is 1. The second-order valence-electron chi connectivity index (χ2n) is 7.65. The summed E-state index contributed by atoms with van der Waals surface area (Å²) in [6, 6.07) is 16.6. The number of benzene rings is 2. The Kier molecular flexibility index (Phi) is 6.86. The van der Waals surface area contributed by atoms with Crippen LogP contribution in [0.2, 0.25) is 0 Å². The molecular formula is C23H29FN4O. The molecule has 0 aromatic heterocycles. The van der Waals surface area contributed by atoms with Crippen LogP contribution in [0.5, 0.6) is 0 Å². The fourth-order valence-corrected chi connectivity index (χ4v) is 3.45. The van der Waals surface area contributed by atoms with Gasteiger partial charge in [0.2, 0.25) is 5.91 Å². The predicted octanol–water partition coefficient (Wildman–Crippen LogP) is 2.76. The number of halogens is 1. The molecule has 0 radical (unpaired) electrons. The Balaban J connectivity index is 1.62. The maximum Gasteiger partial charge on any atom is 0.222 e. The molecule has 6 heteroatoms. The summed E-state index contributed by atoms with van der Waals surface area (Å²) >= 11 is 0. The zero-order valence-corrected chi connectivity index (χ0v) is 16.8. The van der Waals surface area contributed by atoms with Gasteiger partial charge in [-0.2, -0.15) is 0 Å². The minimum atomic E-state index is -0.409. The van der Waals surface area contributed by atoms with Gasteiger partial charge in [-0.25, -0.2) is 4.39 Å². The van der Waals surface area contributed by atoms with Crippen LogP contribution in [0.4, 0.5) is 4.39 Å². The largest absolute Gasteiger partial charge is 0.369 e. The quantitative estimate of drug-likeness (QED) is 0.450. The highest BCUT2D eigenvalue weighted by Gasteiger charge is 2.44. The number of primary amides is 1. The van der Waals surface area contributed by atoms with E-state index in [9.17, 15) is 9.18 Å². The first kappa shape index (κ1) is 20.8. The zero-order chi connectivity index (χ0) is 20.7. The molecule has 29 heavy (non-hydrogen) atoms. The molecule has 0 heterocycles. The number of hydrogen-bond acceptors (Lipinski definition) is 2. The summed E-state index contributed by atoms with van der Waals surface area (Å²) in [7, 11) is 0. The Morgan fingerprint density at radius 3 is 2.41 bits per heavy atom. The Morgan fingerprint density at radius 1 is 1.14 bits per heavy atom. The smallest absolute Gasteiger partial charge is 0.222 e. The highest BCUT2D eigenvalue weighted by molar-refractivity contribution is 5.82. The first-order chi connectivity index (χ1) is 14.0. The van der Waals surface area contributed by atoms with Crippen LogP contribution in [-0.2, 0) is 16.6 Å². The van der Waals surface area contributed by atoms with Crippen molar-refractivity contribution < 1.29 is 9.18 Å². The lowest BCUT2D eigenvalue weighted by Gasteiger charge is -2.19. The summed E-state index contributed by atoms with van der Waals surface area (Å²) in [4.78, 5) is 16.7. The van der Waals surface area contributed by atoms with Crippen LogP contribution in [-0.4, -0.2) is 31.5 Å². The van der Waals surface area contributed by atoms with E-state index < -0.39 is 5.92 Å². The van der Waals surface area contributed by atoms with Gasteiger partial charge in [0.05, 0.1) is 12.5 Å². The van der Waals surface area contributed by atoms with Crippen molar-refractivity contribution in [3.8, 4) is 0 Å². The molecule has 1 unspecified atom stereocenters. The maximum atomic E-state index is 13.1. The van der Waals surface area contributed by atoms with Crippen LogP contribution in [0.1, 0.15) is 30.9 Å². The molecule has 1 atom stereocenters. The standard InChI is InChI=1S/C23H29FN4O/c1-2-26-22(28-16-23(12-13-23)19-6-4-3-5-7-19)27-15-18(21(25)29)14-17-8-10-20(24)11-9-17/h3-11,18H,2,12-16H2,1H3,(H2,25,29)(H2,26,27,28). The first-order valence-corrected chi connectivity index (χ1v) is 10.1. The van der Waals surface area contributed by atoms with Crippen molar-refractivity contribution in [2.24, 2.45) is 16.6 Å². The van der Waals surface area contributed by atoms with Crippen molar-refractivity contribution in [2.45, 2.75) is 31.6 Å². The van der Waals surface area contributed by atoms with Gasteiger partial charge in [-0.3, -0.25) is 9.79 Å². The fraction of sp³-hybridized carbons (Fsp3) is 0.391. The molecule has 4 N–H and O–H groups in total. The lowest BCUT2D eigenvalue weighted by Crippen LogP contribution is -2.43. The molecule has 2 aromatic rings. The Labute approximate surface area is 171 Å². The van der Waals surface area contributed by atoms with Gasteiger partial charge in [0.25, 0.3) is 0 Å². The monoisotopic (exact) mass is 396 g/mol. The lowest BCUT2D eigenvalue weighted by atomic mass is 9.96. The summed E-state index contributed by atoms with van der Waals surface area (Å²) in [5, 5.41) is 6.49. The van der Waals surface area contributed by atoms with E-state index in [1.165, 1.54) is 17.7 Å². The first-order valence-electron chi connectivity index (χ1n) is 10.1. The van der Waals surface area contributed by atoms with Gasteiger partial charge >= 0.3 is 0 Å². The summed E-state index contributed by atoms with van der Waals surface area (Å²) in [6.07, 6.45) is 2.72. The Morgan fingerprint density at radius 2 is 1.83 bits per heavy atom. The highest BCUT2D eigenvalue weighted by Crippen LogP contribution is 2.48. The third-order valence-corrected chi connectivity index (χ3v) is 5.44. The Bertz CT molecular complexity index is 832. The number of nitrogens with one attached hydrogen (secondary N) is 2. The molecule has 2 aromatic carbocycles. The molecule has 1 saturated carbocycles. The van der Waals surface area contributed by atoms with E-state index in [0.717, 1.165) is 24.9 Å². The average molecular weight is 397 g/mol. The fourth-order valence-electron chi connectivity index (χ4n) is 3.45. The number of nitrogens with two attached hydrogens (primary N) is 1. The van der Waals surface area contributed by atoms with Gasteiger partial charge in [-0.15, -0.1) is 0 Å². The van der Waals surface area contributed by atoms with Crippen LogP contribution in [0, 0.1) is 11.7 Å². The molecular weight excluding hydrogens is 367 g/mol. The number of nitrogens with zero attached hydrogens (tertiary/aromatic N) is 1. The van der Waals surface area contributed by atoms with Gasteiger partial charge in [-0.1, -0.05) is 42.5 Å². The molecule has 1 fully saturated rings. The zero-order valence-electron chi connectivity index (χ0n) is 16.8. The van der Waals surface area contributed by atoms with Crippen molar-refractivity contribution in [3.63, 3.8) is 0 Å². The van der Waals surface area contributed by atoms with Crippen molar-refractivity contribution in [1.82, 2.24) is 10.6 Å². The lowest BCUT2D eigenvalue weighted by molar-refractivity contribution is -0.121. The molecule has 0 saturated heterocycles. The molecule has 1 aliphatic carbocycles. The average Bonchev–Trinajstić information content (AvgIpc) is 3.52. The van der Waals surface area contributed by atoms with Crippen LogP contribution < -0.4 is 16.4 Å². The molecule has 5 nitrogen and oxygen atoms in total. The van der Waals surface area contributed by atoms with E-state index in [1.54, 1.807) is 12.1 Å². The Hall–Kier alpha value is -2.89. The third-order valence-electron chi connectivity index (χ3n) is 5.44. The van der Waals surface area contributed by atoms with Crippen LogP contribution >= 0.6 is 0 Å². The summed E-state index contributed by atoms with van der Waals surface area (Å²) in [6.45, 7) is 3.80. The second kappa shape index (κ2) is 9.54. The third kappa shape index (κ3) is 5.79. The van der Waals surface area contributed by atoms with Crippen LogP contribution in [0.25, 0.3) is 0 Å². The van der Waals surface area contributed by atoms with E-state index in [0.29, 0.717) is 25.5 Å². The molecule has 3 rings (SSSR count). The van der Waals surface area contributed by atoms with E-state index >= 15 is 0 Å². The van der Waals surface area contributed by atoms with Crippen LogP contribution in [0.15, 0.2) is 59.6 Å².